The minimum absolute atomic E-state index is 0.0388. The van der Waals surface area contributed by atoms with Gasteiger partial charge in [-0.2, -0.15) is 0 Å². The molecule has 2 nitrogen and oxygen atoms in total. The summed E-state index contributed by atoms with van der Waals surface area (Å²) < 4.78 is 2.48. The van der Waals surface area contributed by atoms with Crippen molar-refractivity contribution in [3.05, 3.63) is 33.2 Å². The molecule has 0 amide bonds. The number of hydrogen-bond donors (Lipinski definition) is 0. The van der Waals surface area contributed by atoms with Gasteiger partial charge >= 0.3 is 0 Å². The molecule has 0 N–H and O–H groups in total. The Balaban J connectivity index is 3.20. The molecule has 0 aliphatic heterocycles. The molecule has 0 aliphatic carbocycles. The Hall–Kier alpha value is -0.570. The minimum atomic E-state index is 0.0388. The Labute approximate surface area is 67.6 Å². The highest BCUT2D eigenvalue weighted by molar-refractivity contribution is 9.10. The number of rotatable bonds is 1. The Morgan fingerprint density at radius 2 is 2.40 bits per heavy atom. The quantitative estimate of drug-likeness (QED) is 0.678. The molecule has 0 saturated heterocycles. The lowest BCUT2D eigenvalue weighted by molar-refractivity contribution is 0.726. The first-order valence-corrected chi connectivity index (χ1v) is 3.89. The van der Waals surface area contributed by atoms with Crippen LogP contribution in [0, 0.1) is 0 Å². The van der Waals surface area contributed by atoms with E-state index in [1.807, 2.05) is 13.0 Å². The number of aryl methyl sites for hydroxylation is 1. The van der Waals surface area contributed by atoms with E-state index in [4.69, 9.17) is 0 Å². The van der Waals surface area contributed by atoms with E-state index in [9.17, 15) is 4.79 Å². The number of halogens is 1. The fourth-order valence-corrected chi connectivity index (χ4v) is 1.06. The van der Waals surface area contributed by atoms with E-state index in [1.165, 1.54) is 0 Å². The zero-order valence-electron chi connectivity index (χ0n) is 5.67. The lowest BCUT2D eigenvalue weighted by Gasteiger charge is -1.98. The molecule has 1 heterocycles. The van der Waals surface area contributed by atoms with Crippen LogP contribution in [0.3, 0.4) is 0 Å². The molecular weight excluding hydrogens is 194 g/mol. The SMILES string of the molecule is CCn1ccc(Br)cc1=O. The molecule has 0 spiro atoms. The van der Waals surface area contributed by atoms with E-state index in [1.54, 1.807) is 16.8 Å². The van der Waals surface area contributed by atoms with Crippen molar-refractivity contribution in [3.8, 4) is 0 Å². The smallest absolute Gasteiger partial charge is 0.251 e. The summed E-state index contributed by atoms with van der Waals surface area (Å²) in [6.07, 6.45) is 1.77. The van der Waals surface area contributed by atoms with Crippen molar-refractivity contribution in [1.82, 2.24) is 4.57 Å². The van der Waals surface area contributed by atoms with Crippen LogP contribution in [0.4, 0.5) is 0 Å². The van der Waals surface area contributed by atoms with Crippen molar-refractivity contribution >= 4 is 15.9 Å². The highest BCUT2D eigenvalue weighted by atomic mass is 79.9. The molecule has 0 fully saturated rings. The summed E-state index contributed by atoms with van der Waals surface area (Å²) in [6, 6.07) is 3.41. The van der Waals surface area contributed by atoms with Crippen LogP contribution in [0.5, 0.6) is 0 Å². The van der Waals surface area contributed by atoms with Crippen LogP contribution in [0.25, 0.3) is 0 Å². The second-order valence-corrected chi connectivity index (χ2v) is 2.88. The predicted molar refractivity (Wildman–Crippen MR) is 44.1 cm³/mol. The zero-order valence-corrected chi connectivity index (χ0v) is 7.26. The maximum atomic E-state index is 11.0. The fraction of sp³-hybridized carbons (Fsp3) is 0.286. The Kier molecular flexibility index (Phi) is 2.27. The molecule has 0 unspecified atom stereocenters. The van der Waals surface area contributed by atoms with Gasteiger partial charge in [-0.1, -0.05) is 15.9 Å². The highest BCUT2D eigenvalue weighted by Gasteiger charge is 1.91. The van der Waals surface area contributed by atoms with Crippen molar-refractivity contribution in [2.75, 3.05) is 0 Å². The first kappa shape index (κ1) is 7.54. The van der Waals surface area contributed by atoms with E-state index in [-0.39, 0.29) is 5.56 Å². The van der Waals surface area contributed by atoms with Crippen molar-refractivity contribution in [3.63, 3.8) is 0 Å². The van der Waals surface area contributed by atoms with Gasteiger partial charge in [0, 0.05) is 23.3 Å². The summed E-state index contributed by atoms with van der Waals surface area (Å²) >= 11 is 3.21. The third-order valence-corrected chi connectivity index (χ3v) is 1.79. The van der Waals surface area contributed by atoms with E-state index in [0.29, 0.717) is 0 Å². The van der Waals surface area contributed by atoms with Crippen LogP contribution >= 0.6 is 15.9 Å². The van der Waals surface area contributed by atoms with Gasteiger partial charge in [-0.25, -0.2) is 0 Å². The second kappa shape index (κ2) is 3.01. The number of aromatic nitrogens is 1. The van der Waals surface area contributed by atoms with Crippen molar-refractivity contribution in [1.29, 1.82) is 0 Å². The van der Waals surface area contributed by atoms with Gasteiger partial charge in [0.1, 0.15) is 0 Å². The number of nitrogens with zero attached hydrogens (tertiary/aromatic N) is 1. The van der Waals surface area contributed by atoms with Crippen LogP contribution in [0.2, 0.25) is 0 Å². The van der Waals surface area contributed by atoms with Gasteiger partial charge in [0.05, 0.1) is 0 Å². The van der Waals surface area contributed by atoms with Crippen LogP contribution in [-0.2, 0) is 6.54 Å². The van der Waals surface area contributed by atoms with Gasteiger partial charge in [0.2, 0.25) is 0 Å². The average Bonchev–Trinajstić information content (AvgIpc) is 1.88. The lowest BCUT2D eigenvalue weighted by Crippen LogP contribution is -2.16. The van der Waals surface area contributed by atoms with Gasteiger partial charge in [0.25, 0.3) is 5.56 Å². The van der Waals surface area contributed by atoms with Gasteiger partial charge in [-0.05, 0) is 13.0 Å². The molecule has 1 rings (SSSR count). The summed E-state index contributed by atoms with van der Waals surface area (Å²) in [5.41, 5.74) is 0.0388. The van der Waals surface area contributed by atoms with Crippen LogP contribution in [0.1, 0.15) is 6.92 Å². The van der Waals surface area contributed by atoms with Crippen molar-refractivity contribution < 1.29 is 0 Å². The molecule has 54 valence electrons. The summed E-state index contributed by atoms with van der Waals surface area (Å²) in [6.45, 7) is 2.67. The number of pyridine rings is 1. The molecule has 1 aromatic rings. The maximum absolute atomic E-state index is 11.0. The molecule has 1 aromatic heterocycles. The lowest BCUT2D eigenvalue weighted by atomic mass is 10.5. The van der Waals surface area contributed by atoms with Crippen LogP contribution in [-0.4, -0.2) is 4.57 Å². The molecule has 0 aliphatic rings. The van der Waals surface area contributed by atoms with Crippen LogP contribution < -0.4 is 5.56 Å². The Bertz CT molecular complexity index is 279. The van der Waals surface area contributed by atoms with Gasteiger partial charge in [-0.3, -0.25) is 4.79 Å². The summed E-state index contributed by atoms with van der Waals surface area (Å²) in [5, 5.41) is 0. The summed E-state index contributed by atoms with van der Waals surface area (Å²) in [4.78, 5) is 11.0. The van der Waals surface area contributed by atoms with E-state index < -0.39 is 0 Å². The third kappa shape index (κ3) is 1.48. The third-order valence-electron chi connectivity index (χ3n) is 1.30. The molecule has 3 heteroatoms. The largest absolute Gasteiger partial charge is 0.316 e. The Morgan fingerprint density at radius 1 is 1.70 bits per heavy atom. The standard InChI is InChI=1S/C7H8BrNO/c1-2-9-4-3-6(8)5-7(9)10/h3-5H,2H2,1H3. The predicted octanol–water partition coefficient (Wildman–Crippen LogP) is 1.63. The molecule has 0 radical (unpaired) electrons. The number of hydrogen-bond acceptors (Lipinski definition) is 1. The first-order valence-electron chi connectivity index (χ1n) is 3.10. The summed E-state index contributed by atoms with van der Waals surface area (Å²) in [5.74, 6) is 0. The van der Waals surface area contributed by atoms with Gasteiger partial charge < -0.3 is 4.57 Å². The van der Waals surface area contributed by atoms with Crippen molar-refractivity contribution in [2.45, 2.75) is 13.5 Å². The molecule has 0 saturated carbocycles. The fourth-order valence-electron chi connectivity index (χ4n) is 0.745. The van der Waals surface area contributed by atoms with E-state index >= 15 is 0 Å². The minimum Gasteiger partial charge on any atom is -0.316 e. The van der Waals surface area contributed by atoms with Crippen molar-refractivity contribution in [2.24, 2.45) is 0 Å². The van der Waals surface area contributed by atoms with Gasteiger partial charge in [-0.15, -0.1) is 0 Å². The second-order valence-electron chi connectivity index (χ2n) is 1.97. The monoisotopic (exact) mass is 201 g/mol. The molecule has 0 aromatic carbocycles. The highest BCUT2D eigenvalue weighted by Crippen LogP contribution is 2.02. The average molecular weight is 202 g/mol. The zero-order chi connectivity index (χ0) is 7.56. The normalized spacial score (nSPS) is 9.80. The van der Waals surface area contributed by atoms with Crippen LogP contribution in [0.15, 0.2) is 27.6 Å². The molecule has 10 heavy (non-hydrogen) atoms. The van der Waals surface area contributed by atoms with E-state index in [2.05, 4.69) is 15.9 Å². The Morgan fingerprint density at radius 3 is 2.90 bits per heavy atom. The first-order chi connectivity index (χ1) is 4.74. The van der Waals surface area contributed by atoms with E-state index in [0.717, 1.165) is 11.0 Å². The summed E-state index contributed by atoms with van der Waals surface area (Å²) in [7, 11) is 0. The van der Waals surface area contributed by atoms with Gasteiger partial charge in [0.15, 0.2) is 0 Å². The molecular formula is C7H8BrNO. The molecule has 0 bridgehead atoms. The maximum Gasteiger partial charge on any atom is 0.251 e. The topological polar surface area (TPSA) is 22.0 Å². The molecule has 0 atom stereocenters.